The van der Waals surface area contributed by atoms with Crippen molar-refractivity contribution in [1.82, 2.24) is 4.57 Å². The van der Waals surface area contributed by atoms with Crippen LogP contribution in [0.4, 0.5) is 0 Å². The Morgan fingerprint density at radius 2 is 1.86 bits per heavy atom. The van der Waals surface area contributed by atoms with Gasteiger partial charge in [-0.3, -0.25) is 10.2 Å². The second-order valence-electron chi connectivity index (χ2n) is 8.74. The zero-order valence-corrected chi connectivity index (χ0v) is 21.3. The van der Waals surface area contributed by atoms with Crippen LogP contribution in [-0.4, -0.2) is 18.8 Å². The van der Waals surface area contributed by atoms with Gasteiger partial charge in [-0.05, 0) is 76.4 Å². The lowest BCUT2D eigenvalue weighted by Gasteiger charge is -2.12. The molecule has 5 N–H and O–H groups in total. The van der Waals surface area contributed by atoms with Crippen molar-refractivity contribution in [3.63, 3.8) is 0 Å². The molecule has 8 heteroatoms. The highest BCUT2D eigenvalue weighted by Gasteiger charge is 2.18. The van der Waals surface area contributed by atoms with Gasteiger partial charge in [0.2, 0.25) is 10.0 Å². The van der Waals surface area contributed by atoms with E-state index in [1.54, 1.807) is 28.9 Å². The molecule has 0 fully saturated rings. The fraction of sp³-hybridized carbons (Fsp3) is 0.103. The second-order valence-corrected chi connectivity index (χ2v) is 10.3. The maximum absolute atomic E-state index is 12.8. The van der Waals surface area contributed by atoms with Gasteiger partial charge in [0.15, 0.2) is 0 Å². The summed E-state index contributed by atoms with van der Waals surface area (Å²) in [6.45, 7) is 6.28. The minimum atomic E-state index is -3.94. The smallest absolute Gasteiger partial charge is 0.251 e. The van der Waals surface area contributed by atoms with Crippen molar-refractivity contribution in [2.45, 2.75) is 19.9 Å². The van der Waals surface area contributed by atoms with Crippen molar-refractivity contribution in [2.75, 3.05) is 0 Å². The molecule has 0 amide bonds. The van der Waals surface area contributed by atoms with Crippen molar-refractivity contribution < 1.29 is 8.42 Å². The Bertz CT molecular complexity index is 1820. The van der Waals surface area contributed by atoms with Crippen LogP contribution in [0.3, 0.4) is 0 Å². The summed E-state index contributed by atoms with van der Waals surface area (Å²) in [7, 11) is -3.94. The van der Waals surface area contributed by atoms with E-state index in [9.17, 15) is 13.2 Å². The van der Waals surface area contributed by atoms with Crippen molar-refractivity contribution in [2.24, 2.45) is 10.9 Å². The Hall–Kier alpha value is -4.27. The highest BCUT2D eigenvalue weighted by molar-refractivity contribution is 7.93. The molecule has 1 aromatic heterocycles. The zero-order valence-electron chi connectivity index (χ0n) is 20.4. The van der Waals surface area contributed by atoms with Crippen molar-refractivity contribution in [1.29, 1.82) is 5.41 Å². The number of allylic oxidation sites excluding steroid dienone is 7. The van der Waals surface area contributed by atoms with E-state index < -0.39 is 10.0 Å². The lowest BCUT2D eigenvalue weighted by atomic mass is 10.0. The van der Waals surface area contributed by atoms with Gasteiger partial charge in [0.25, 0.3) is 5.56 Å². The van der Waals surface area contributed by atoms with E-state index >= 15 is 0 Å². The third kappa shape index (κ3) is 5.61. The number of nitrogen functional groups attached to an aromatic ring is 1. The molecule has 4 rings (SSSR count). The quantitative estimate of drug-likeness (QED) is 0.346. The van der Waals surface area contributed by atoms with E-state index in [0.717, 1.165) is 16.3 Å². The molecule has 1 aliphatic carbocycles. The van der Waals surface area contributed by atoms with E-state index in [2.05, 4.69) is 6.58 Å². The van der Waals surface area contributed by atoms with Gasteiger partial charge in [-0.25, -0.2) is 13.6 Å². The minimum absolute atomic E-state index is 0.00746. The number of aromatic nitrogens is 1. The predicted octanol–water partition coefficient (Wildman–Crippen LogP) is 2.53. The number of fused-ring (bicyclic) bond motifs is 1. The van der Waals surface area contributed by atoms with Crippen LogP contribution in [-0.2, 0) is 16.6 Å². The number of primary sulfonamides is 1. The first-order valence-corrected chi connectivity index (χ1v) is 13.2. The molecule has 2 aromatic carbocycles. The number of nitrogens with two attached hydrogens (primary N) is 2. The normalized spacial score (nSPS) is 14.9. The summed E-state index contributed by atoms with van der Waals surface area (Å²) in [6, 6.07) is 14.6. The second kappa shape index (κ2) is 10.4. The zero-order chi connectivity index (χ0) is 26.7. The summed E-state index contributed by atoms with van der Waals surface area (Å²) < 4.78 is 26.1. The van der Waals surface area contributed by atoms with Crippen LogP contribution in [0.25, 0.3) is 23.4 Å². The number of pyridine rings is 1. The van der Waals surface area contributed by atoms with Crippen molar-refractivity contribution in [3.8, 4) is 0 Å². The molecular weight excluding hydrogens is 484 g/mol. The average Bonchev–Trinajstić information content (AvgIpc) is 3.12. The number of nitrogens with zero attached hydrogens (tertiary/aromatic N) is 1. The first-order chi connectivity index (χ1) is 17.6. The molecule has 0 saturated heterocycles. The number of hydrogen-bond acceptors (Lipinski definition) is 4. The summed E-state index contributed by atoms with van der Waals surface area (Å²) in [5.41, 5.74) is 8.21. The summed E-state index contributed by atoms with van der Waals surface area (Å²) in [6.07, 6.45) is 10.8. The van der Waals surface area contributed by atoms with Gasteiger partial charge < -0.3 is 10.3 Å². The molecule has 37 heavy (non-hydrogen) atoms. The lowest BCUT2D eigenvalue weighted by Crippen LogP contribution is -2.42. The lowest BCUT2D eigenvalue weighted by molar-refractivity contribution is 0.604. The van der Waals surface area contributed by atoms with E-state index in [4.69, 9.17) is 16.3 Å². The Morgan fingerprint density at radius 3 is 2.57 bits per heavy atom. The van der Waals surface area contributed by atoms with Gasteiger partial charge in [0.05, 0.1) is 11.4 Å². The van der Waals surface area contributed by atoms with Crippen LogP contribution in [0.15, 0.2) is 99.8 Å². The van der Waals surface area contributed by atoms with Gasteiger partial charge >= 0.3 is 0 Å². The number of sulfonamides is 1. The molecule has 0 saturated carbocycles. The third-order valence-corrected chi connectivity index (χ3v) is 7.27. The Kier molecular flexibility index (Phi) is 7.24. The molecule has 188 valence electrons. The monoisotopic (exact) mass is 512 g/mol. The van der Waals surface area contributed by atoms with Crippen LogP contribution >= 0.6 is 0 Å². The van der Waals surface area contributed by atoms with E-state index in [1.165, 1.54) is 12.1 Å². The molecule has 1 aliphatic rings. The van der Waals surface area contributed by atoms with E-state index in [0.29, 0.717) is 40.2 Å². The maximum atomic E-state index is 12.8. The average molecular weight is 513 g/mol. The van der Waals surface area contributed by atoms with Crippen molar-refractivity contribution in [3.05, 3.63) is 127 Å². The number of nitrogens with one attached hydrogen (secondary N) is 1. The summed E-state index contributed by atoms with van der Waals surface area (Å²) in [4.78, 5) is 12.9. The topological polar surface area (TPSA) is 132 Å². The highest BCUT2D eigenvalue weighted by Crippen LogP contribution is 2.26. The van der Waals surface area contributed by atoms with E-state index in [1.807, 2.05) is 55.5 Å². The van der Waals surface area contributed by atoms with Crippen LogP contribution in [0, 0.1) is 5.41 Å². The number of benzene rings is 2. The maximum Gasteiger partial charge on any atom is 0.251 e. The van der Waals surface area contributed by atoms with Gasteiger partial charge in [-0.1, -0.05) is 55.1 Å². The molecule has 0 atom stereocenters. The van der Waals surface area contributed by atoms with Gasteiger partial charge in [-0.15, -0.1) is 0 Å². The first kappa shape index (κ1) is 25.8. The molecule has 3 aromatic rings. The van der Waals surface area contributed by atoms with Gasteiger partial charge in [0, 0.05) is 17.0 Å². The molecular formula is C29H28N4O3S. The van der Waals surface area contributed by atoms with Crippen LogP contribution in [0.5, 0.6) is 0 Å². The van der Waals surface area contributed by atoms with Crippen molar-refractivity contribution >= 4 is 39.3 Å². The van der Waals surface area contributed by atoms with Crippen LogP contribution in [0.1, 0.15) is 24.5 Å². The Balaban J connectivity index is 1.80. The highest BCUT2D eigenvalue weighted by atomic mass is 32.2. The van der Waals surface area contributed by atoms with Gasteiger partial charge in [0.1, 0.15) is 5.84 Å². The third-order valence-electron chi connectivity index (χ3n) is 6.28. The standard InChI is InChI=1S/C29H28N4O3S/c1-3-21(26-7-5-4-6-8-27(26)37(32,35)36)16-23-13-14-28(34)33(19(23)2)18-20-9-10-22-11-12-24(29(30)31)17-25(22)15-20/h3-6,8-17H,2,7,18H2,1H3,(H3,30,31)(H2,32,35,36)/b21-3+,23-16-. The Labute approximate surface area is 215 Å². The largest absolute Gasteiger partial charge is 0.384 e. The number of amidine groups is 1. The van der Waals surface area contributed by atoms with E-state index in [-0.39, 0.29) is 16.3 Å². The number of hydrogen-bond donors (Lipinski definition) is 3. The molecule has 0 bridgehead atoms. The SMILES string of the molecule is C=c1/c(=C\C(=C/C)C2=C(S(N)(=O)=O)C=CC=CC2)ccc(=O)n1Cc1ccc2ccc(C(=N)N)cc2c1. The molecule has 1 heterocycles. The molecule has 0 spiro atoms. The fourth-order valence-corrected chi connectivity index (χ4v) is 5.15. The first-order valence-electron chi connectivity index (χ1n) is 11.6. The summed E-state index contributed by atoms with van der Waals surface area (Å²) in [5, 5.41) is 16.3. The predicted molar refractivity (Wildman–Crippen MR) is 151 cm³/mol. The van der Waals surface area contributed by atoms with Crippen LogP contribution < -0.4 is 27.0 Å². The molecule has 0 aliphatic heterocycles. The molecule has 0 unspecified atom stereocenters. The molecule has 0 radical (unpaired) electrons. The fourth-order valence-electron chi connectivity index (χ4n) is 4.33. The number of rotatable bonds is 6. The summed E-state index contributed by atoms with van der Waals surface area (Å²) in [5.74, 6) is -0.00746. The minimum Gasteiger partial charge on any atom is -0.384 e. The molecule has 7 nitrogen and oxygen atoms in total. The van der Waals surface area contributed by atoms with Crippen LogP contribution in [0.2, 0.25) is 0 Å². The van der Waals surface area contributed by atoms with Gasteiger partial charge in [-0.2, -0.15) is 0 Å². The Morgan fingerprint density at radius 1 is 1.11 bits per heavy atom. The summed E-state index contributed by atoms with van der Waals surface area (Å²) >= 11 is 0.